The smallest absolute Gasteiger partial charge is 0.325 e. The van der Waals surface area contributed by atoms with E-state index in [2.05, 4.69) is 5.32 Å². The molecular weight excluding hydrogens is 182 g/mol. The highest BCUT2D eigenvalue weighted by molar-refractivity contribution is 5.76. The number of morpholine rings is 1. The van der Waals surface area contributed by atoms with Gasteiger partial charge in [0.2, 0.25) is 0 Å². The van der Waals surface area contributed by atoms with Crippen molar-refractivity contribution in [2.24, 2.45) is 5.92 Å². The Morgan fingerprint density at radius 2 is 2.21 bits per heavy atom. The molecule has 82 valence electrons. The van der Waals surface area contributed by atoms with Crippen molar-refractivity contribution in [1.82, 2.24) is 5.32 Å². The van der Waals surface area contributed by atoms with Gasteiger partial charge in [-0.3, -0.25) is 4.79 Å². The minimum absolute atomic E-state index is 0.0359. The Kier molecular flexibility index (Phi) is 4.35. The maximum atomic E-state index is 11.5. The number of rotatable bonds is 3. The highest BCUT2D eigenvalue weighted by Gasteiger charge is 2.24. The van der Waals surface area contributed by atoms with Gasteiger partial charge in [0.15, 0.2) is 0 Å². The molecule has 0 radical (unpaired) electrons. The Morgan fingerprint density at radius 3 is 2.71 bits per heavy atom. The maximum Gasteiger partial charge on any atom is 0.325 e. The first kappa shape index (κ1) is 11.5. The van der Waals surface area contributed by atoms with Crippen LogP contribution in [0.2, 0.25) is 0 Å². The van der Waals surface area contributed by atoms with Crippen LogP contribution in [0.5, 0.6) is 0 Å². The third-order valence-electron chi connectivity index (χ3n) is 2.45. The van der Waals surface area contributed by atoms with Crippen LogP contribution in [-0.2, 0) is 14.3 Å². The van der Waals surface area contributed by atoms with Crippen LogP contribution in [0.3, 0.4) is 0 Å². The summed E-state index contributed by atoms with van der Waals surface area (Å²) in [5.41, 5.74) is 0. The van der Waals surface area contributed by atoms with E-state index < -0.39 is 0 Å². The molecular formula is C10H19NO3. The second-order valence-electron chi connectivity index (χ2n) is 3.97. The molecule has 0 saturated carbocycles. The fraction of sp³-hybridized carbons (Fsp3) is 0.900. The lowest BCUT2D eigenvalue weighted by atomic mass is 10.1. The number of hydrogen-bond acceptors (Lipinski definition) is 4. The second kappa shape index (κ2) is 5.32. The van der Waals surface area contributed by atoms with E-state index in [-0.39, 0.29) is 18.1 Å². The highest BCUT2D eigenvalue weighted by Crippen LogP contribution is 2.07. The van der Waals surface area contributed by atoms with Crippen molar-refractivity contribution in [1.29, 1.82) is 0 Å². The summed E-state index contributed by atoms with van der Waals surface area (Å²) >= 11 is 0. The van der Waals surface area contributed by atoms with Crippen LogP contribution >= 0.6 is 0 Å². The first-order valence-corrected chi connectivity index (χ1v) is 5.13. The zero-order valence-corrected chi connectivity index (χ0v) is 9.08. The van der Waals surface area contributed by atoms with Gasteiger partial charge in [0.25, 0.3) is 0 Å². The maximum absolute atomic E-state index is 11.5. The topological polar surface area (TPSA) is 47.6 Å². The summed E-state index contributed by atoms with van der Waals surface area (Å²) in [5, 5.41) is 3.06. The van der Waals surface area contributed by atoms with E-state index in [1.54, 1.807) is 0 Å². The molecule has 2 unspecified atom stereocenters. The predicted molar refractivity (Wildman–Crippen MR) is 53.0 cm³/mol. The van der Waals surface area contributed by atoms with E-state index in [4.69, 9.17) is 9.47 Å². The van der Waals surface area contributed by atoms with Crippen LogP contribution in [-0.4, -0.2) is 37.9 Å². The molecule has 0 spiro atoms. The van der Waals surface area contributed by atoms with E-state index in [9.17, 15) is 4.79 Å². The molecule has 0 amide bonds. The van der Waals surface area contributed by atoms with Crippen molar-refractivity contribution < 1.29 is 14.3 Å². The third-order valence-corrected chi connectivity index (χ3v) is 2.45. The lowest BCUT2D eigenvalue weighted by Crippen LogP contribution is -2.48. The van der Waals surface area contributed by atoms with Crippen molar-refractivity contribution in [2.45, 2.75) is 32.9 Å². The number of ether oxygens (including phenoxy) is 2. The summed E-state index contributed by atoms with van der Waals surface area (Å²) in [6.45, 7) is 7.78. The van der Waals surface area contributed by atoms with E-state index in [1.807, 2.05) is 20.8 Å². The number of carbonyl (C=O) groups is 1. The minimum atomic E-state index is -0.287. The van der Waals surface area contributed by atoms with Crippen molar-refractivity contribution in [3.8, 4) is 0 Å². The lowest BCUT2D eigenvalue weighted by molar-refractivity contribution is -0.155. The molecule has 0 aromatic heterocycles. The van der Waals surface area contributed by atoms with Crippen molar-refractivity contribution >= 4 is 5.97 Å². The van der Waals surface area contributed by atoms with Crippen LogP contribution in [0, 0.1) is 5.92 Å². The molecule has 14 heavy (non-hydrogen) atoms. The molecule has 4 nitrogen and oxygen atoms in total. The zero-order valence-electron chi connectivity index (χ0n) is 9.08. The largest absolute Gasteiger partial charge is 0.461 e. The molecule has 0 aromatic carbocycles. The number of esters is 1. The van der Waals surface area contributed by atoms with E-state index in [0.717, 1.165) is 6.54 Å². The van der Waals surface area contributed by atoms with Crippen LogP contribution in [0.4, 0.5) is 0 Å². The summed E-state index contributed by atoms with van der Waals surface area (Å²) in [7, 11) is 0. The van der Waals surface area contributed by atoms with E-state index >= 15 is 0 Å². The summed E-state index contributed by atoms with van der Waals surface area (Å²) in [5.74, 6) is 0.148. The van der Waals surface area contributed by atoms with Crippen LogP contribution < -0.4 is 5.32 Å². The molecule has 2 atom stereocenters. The summed E-state index contributed by atoms with van der Waals surface area (Å²) in [6.07, 6.45) is -0.0359. The van der Waals surface area contributed by atoms with Gasteiger partial charge in [-0.2, -0.15) is 0 Å². The monoisotopic (exact) mass is 201 g/mol. The Hall–Kier alpha value is -0.610. The fourth-order valence-corrected chi connectivity index (χ4v) is 1.12. The molecule has 1 aliphatic heterocycles. The molecule has 1 N–H and O–H groups in total. The first-order valence-electron chi connectivity index (χ1n) is 5.13. The average Bonchev–Trinajstić information content (AvgIpc) is 2.19. The van der Waals surface area contributed by atoms with E-state index in [0.29, 0.717) is 19.1 Å². The molecule has 0 aliphatic carbocycles. The average molecular weight is 201 g/mol. The molecule has 1 aliphatic rings. The fourth-order valence-electron chi connectivity index (χ4n) is 1.12. The predicted octanol–water partition coefficient (Wildman–Crippen LogP) is 0.562. The third kappa shape index (κ3) is 3.27. The van der Waals surface area contributed by atoms with Crippen LogP contribution in [0.15, 0.2) is 0 Å². The molecule has 0 bridgehead atoms. The zero-order chi connectivity index (χ0) is 10.6. The molecule has 1 saturated heterocycles. The van der Waals surface area contributed by atoms with Crippen molar-refractivity contribution in [3.63, 3.8) is 0 Å². The van der Waals surface area contributed by atoms with Gasteiger partial charge in [-0.05, 0) is 12.8 Å². The van der Waals surface area contributed by atoms with Gasteiger partial charge in [-0.1, -0.05) is 13.8 Å². The number of carbonyl (C=O) groups excluding carboxylic acids is 1. The van der Waals surface area contributed by atoms with Crippen LogP contribution in [0.1, 0.15) is 20.8 Å². The quantitative estimate of drug-likeness (QED) is 0.678. The Labute approximate surface area is 85.0 Å². The number of hydrogen-bond donors (Lipinski definition) is 1. The van der Waals surface area contributed by atoms with Crippen LogP contribution in [0.25, 0.3) is 0 Å². The molecule has 1 rings (SSSR count). The van der Waals surface area contributed by atoms with Gasteiger partial charge in [0.05, 0.1) is 13.2 Å². The van der Waals surface area contributed by atoms with Gasteiger partial charge in [0, 0.05) is 6.54 Å². The SMILES string of the molecule is CC(C)C(C)OC(=O)C1COCCN1. The number of nitrogens with one attached hydrogen (secondary N) is 1. The van der Waals surface area contributed by atoms with Crippen molar-refractivity contribution in [2.75, 3.05) is 19.8 Å². The Bertz CT molecular complexity index is 188. The minimum Gasteiger partial charge on any atom is -0.461 e. The standard InChI is InChI=1S/C10H19NO3/c1-7(2)8(3)14-10(12)9-6-13-5-4-11-9/h7-9,11H,4-6H2,1-3H3. The Balaban J connectivity index is 2.33. The summed E-state index contributed by atoms with van der Waals surface area (Å²) in [4.78, 5) is 11.5. The normalized spacial score (nSPS) is 24.7. The summed E-state index contributed by atoms with van der Waals surface area (Å²) in [6, 6.07) is -0.287. The second-order valence-corrected chi connectivity index (χ2v) is 3.97. The van der Waals surface area contributed by atoms with Gasteiger partial charge in [0.1, 0.15) is 12.1 Å². The molecule has 1 heterocycles. The van der Waals surface area contributed by atoms with Gasteiger partial charge < -0.3 is 14.8 Å². The highest BCUT2D eigenvalue weighted by atomic mass is 16.5. The Morgan fingerprint density at radius 1 is 1.50 bits per heavy atom. The lowest BCUT2D eigenvalue weighted by Gasteiger charge is -2.25. The molecule has 1 fully saturated rings. The van der Waals surface area contributed by atoms with Gasteiger partial charge >= 0.3 is 5.97 Å². The first-order chi connectivity index (χ1) is 6.61. The van der Waals surface area contributed by atoms with Gasteiger partial charge in [-0.15, -0.1) is 0 Å². The summed E-state index contributed by atoms with van der Waals surface area (Å²) < 4.78 is 10.5. The van der Waals surface area contributed by atoms with Crippen molar-refractivity contribution in [3.05, 3.63) is 0 Å². The van der Waals surface area contributed by atoms with E-state index in [1.165, 1.54) is 0 Å². The van der Waals surface area contributed by atoms with Gasteiger partial charge in [-0.25, -0.2) is 0 Å². The molecule has 0 aromatic rings. The molecule has 4 heteroatoms.